The Morgan fingerprint density at radius 1 is 1.30 bits per heavy atom. The molecule has 0 aliphatic carbocycles. The Morgan fingerprint density at radius 2 is 2.18 bits per heavy atom. The molecule has 4 rings (SSSR count). The van der Waals surface area contributed by atoms with E-state index in [-0.39, 0.29) is 24.1 Å². The standard InChI is InChI=1S/C24H29ClN6O2/c1-17-12-22(29-24(27-17)30-11-9-26-16-30)31-10-4-3-7-20(31)14-23(32)28-18(2)19-6-5-8-21(13-19)33-15-25/h5-6,8-9,11-13,16,18,20H,3-4,7,10,14-15H2,1-2H3,(H,28,32). The van der Waals surface area contributed by atoms with Crippen molar-refractivity contribution in [1.29, 1.82) is 0 Å². The van der Waals surface area contributed by atoms with Crippen LogP contribution < -0.4 is 15.0 Å². The van der Waals surface area contributed by atoms with Gasteiger partial charge in [-0.2, -0.15) is 4.98 Å². The minimum Gasteiger partial charge on any atom is -0.478 e. The van der Waals surface area contributed by atoms with Crippen molar-refractivity contribution in [1.82, 2.24) is 24.8 Å². The lowest BCUT2D eigenvalue weighted by Crippen LogP contribution is -2.43. The van der Waals surface area contributed by atoms with E-state index in [4.69, 9.17) is 21.3 Å². The normalized spacial score (nSPS) is 16.9. The second kappa shape index (κ2) is 10.7. The predicted molar refractivity (Wildman–Crippen MR) is 128 cm³/mol. The van der Waals surface area contributed by atoms with Gasteiger partial charge in [-0.1, -0.05) is 23.7 Å². The Hall–Kier alpha value is -3.13. The van der Waals surface area contributed by atoms with Crippen molar-refractivity contribution in [3.8, 4) is 11.7 Å². The largest absolute Gasteiger partial charge is 0.478 e. The number of imidazole rings is 1. The van der Waals surface area contributed by atoms with Crippen molar-refractivity contribution >= 4 is 23.3 Å². The van der Waals surface area contributed by atoms with Crippen LogP contribution in [0.25, 0.3) is 5.95 Å². The molecule has 1 N–H and O–H groups in total. The van der Waals surface area contributed by atoms with Crippen molar-refractivity contribution in [2.75, 3.05) is 17.5 Å². The first kappa shape index (κ1) is 23.0. The summed E-state index contributed by atoms with van der Waals surface area (Å²) in [5.74, 6) is 2.14. The van der Waals surface area contributed by atoms with Crippen LogP contribution in [0.5, 0.6) is 5.75 Å². The predicted octanol–water partition coefficient (Wildman–Crippen LogP) is 4.17. The summed E-state index contributed by atoms with van der Waals surface area (Å²) < 4.78 is 7.16. The Labute approximate surface area is 199 Å². The van der Waals surface area contributed by atoms with Gasteiger partial charge in [0, 0.05) is 43.2 Å². The first-order valence-corrected chi connectivity index (χ1v) is 11.8. The lowest BCUT2D eigenvalue weighted by Gasteiger charge is -2.36. The number of nitrogens with one attached hydrogen (secondary N) is 1. The molecule has 2 unspecified atom stereocenters. The monoisotopic (exact) mass is 468 g/mol. The molecule has 1 aliphatic heterocycles. The van der Waals surface area contributed by atoms with Crippen LogP contribution in [-0.2, 0) is 4.79 Å². The first-order valence-electron chi connectivity index (χ1n) is 11.2. The van der Waals surface area contributed by atoms with Crippen LogP contribution in [0.3, 0.4) is 0 Å². The van der Waals surface area contributed by atoms with E-state index >= 15 is 0 Å². The summed E-state index contributed by atoms with van der Waals surface area (Å²) in [6.07, 6.45) is 8.75. The fraction of sp³-hybridized carbons (Fsp3) is 0.417. The van der Waals surface area contributed by atoms with Gasteiger partial charge < -0.3 is 15.0 Å². The summed E-state index contributed by atoms with van der Waals surface area (Å²) in [6, 6.07) is 9.65. The summed E-state index contributed by atoms with van der Waals surface area (Å²) in [5.41, 5.74) is 1.85. The maximum atomic E-state index is 13.0. The van der Waals surface area contributed by atoms with Crippen molar-refractivity contribution in [2.24, 2.45) is 0 Å². The van der Waals surface area contributed by atoms with Gasteiger partial charge in [-0.25, -0.2) is 9.97 Å². The summed E-state index contributed by atoms with van der Waals surface area (Å²) in [4.78, 5) is 28.6. The van der Waals surface area contributed by atoms with E-state index < -0.39 is 0 Å². The molecule has 1 amide bonds. The lowest BCUT2D eigenvalue weighted by molar-refractivity contribution is -0.122. The third kappa shape index (κ3) is 5.82. The van der Waals surface area contributed by atoms with Crippen LogP contribution in [0.4, 0.5) is 5.82 Å². The number of ether oxygens (including phenoxy) is 1. The number of piperidine rings is 1. The van der Waals surface area contributed by atoms with Crippen molar-refractivity contribution in [2.45, 2.75) is 51.6 Å². The van der Waals surface area contributed by atoms with Gasteiger partial charge in [-0.05, 0) is 50.8 Å². The first-order chi connectivity index (χ1) is 16.0. The van der Waals surface area contributed by atoms with Crippen LogP contribution in [0.2, 0.25) is 0 Å². The van der Waals surface area contributed by atoms with E-state index in [9.17, 15) is 4.79 Å². The van der Waals surface area contributed by atoms with Gasteiger partial charge in [0.1, 0.15) is 17.9 Å². The van der Waals surface area contributed by atoms with Crippen molar-refractivity contribution < 1.29 is 9.53 Å². The van der Waals surface area contributed by atoms with Crippen LogP contribution in [0, 0.1) is 6.92 Å². The molecule has 174 valence electrons. The quantitative estimate of drug-likeness (QED) is 0.499. The number of carbonyl (C=O) groups excluding carboxylic acids is 1. The number of benzene rings is 1. The summed E-state index contributed by atoms with van der Waals surface area (Å²) in [6.45, 7) is 4.80. The van der Waals surface area contributed by atoms with E-state index in [1.54, 1.807) is 17.1 Å². The average molecular weight is 469 g/mol. The molecule has 3 heterocycles. The molecule has 1 fully saturated rings. The molecular weight excluding hydrogens is 440 g/mol. The van der Waals surface area contributed by atoms with E-state index in [0.29, 0.717) is 18.1 Å². The number of halogens is 1. The molecule has 2 atom stereocenters. The molecule has 2 aromatic heterocycles. The summed E-state index contributed by atoms with van der Waals surface area (Å²) in [7, 11) is 0. The fourth-order valence-electron chi connectivity index (χ4n) is 4.23. The van der Waals surface area contributed by atoms with Gasteiger partial charge in [-0.15, -0.1) is 0 Å². The topological polar surface area (TPSA) is 85.2 Å². The molecule has 0 saturated carbocycles. The van der Waals surface area contributed by atoms with Gasteiger partial charge in [0.2, 0.25) is 11.9 Å². The van der Waals surface area contributed by atoms with Crippen LogP contribution in [-0.4, -0.2) is 44.1 Å². The highest BCUT2D eigenvalue weighted by Gasteiger charge is 2.27. The maximum Gasteiger partial charge on any atom is 0.237 e. The molecule has 8 nitrogen and oxygen atoms in total. The highest BCUT2D eigenvalue weighted by molar-refractivity contribution is 6.17. The minimum atomic E-state index is -0.137. The molecule has 33 heavy (non-hydrogen) atoms. The Balaban J connectivity index is 1.46. The van der Waals surface area contributed by atoms with E-state index in [2.05, 4.69) is 20.2 Å². The van der Waals surface area contributed by atoms with Crippen LogP contribution in [0.15, 0.2) is 49.1 Å². The fourth-order valence-corrected chi connectivity index (χ4v) is 4.35. The van der Waals surface area contributed by atoms with Crippen LogP contribution >= 0.6 is 11.6 Å². The number of hydrogen-bond donors (Lipinski definition) is 1. The number of aryl methyl sites for hydroxylation is 1. The highest BCUT2D eigenvalue weighted by Crippen LogP contribution is 2.27. The zero-order valence-corrected chi connectivity index (χ0v) is 19.7. The Kier molecular flexibility index (Phi) is 7.44. The second-order valence-corrected chi connectivity index (χ2v) is 8.52. The highest BCUT2D eigenvalue weighted by atomic mass is 35.5. The molecule has 0 radical (unpaired) electrons. The zero-order chi connectivity index (χ0) is 23.2. The van der Waals surface area contributed by atoms with Crippen molar-refractivity contribution in [3.05, 3.63) is 60.3 Å². The number of rotatable bonds is 8. The molecule has 9 heteroatoms. The Morgan fingerprint density at radius 3 is 2.97 bits per heavy atom. The van der Waals surface area contributed by atoms with E-state index in [1.807, 2.05) is 50.4 Å². The molecule has 0 spiro atoms. The van der Waals surface area contributed by atoms with Gasteiger partial charge in [0.15, 0.2) is 6.07 Å². The van der Waals surface area contributed by atoms with Gasteiger partial charge in [0.25, 0.3) is 0 Å². The lowest BCUT2D eigenvalue weighted by atomic mass is 9.98. The van der Waals surface area contributed by atoms with E-state index in [0.717, 1.165) is 42.9 Å². The van der Waals surface area contributed by atoms with E-state index in [1.165, 1.54) is 0 Å². The third-order valence-corrected chi connectivity index (χ3v) is 5.97. The number of alkyl halides is 1. The number of nitrogens with zero attached hydrogens (tertiary/aromatic N) is 5. The van der Waals surface area contributed by atoms with Crippen molar-refractivity contribution in [3.63, 3.8) is 0 Å². The SMILES string of the molecule is Cc1cc(N2CCCCC2CC(=O)NC(C)c2cccc(OCCl)c2)nc(-n2ccnc2)n1. The molecule has 1 aliphatic rings. The number of aromatic nitrogens is 4. The van der Waals surface area contributed by atoms with Crippen LogP contribution in [0.1, 0.15) is 49.9 Å². The molecule has 1 saturated heterocycles. The Bertz CT molecular complexity index is 1070. The number of carbonyl (C=O) groups is 1. The summed E-state index contributed by atoms with van der Waals surface area (Å²) in [5, 5.41) is 3.13. The minimum absolute atomic E-state index is 0.0173. The molecule has 0 bridgehead atoms. The summed E-state index contributed by atoms with van der Waals surface area (Å²) >= 11 is 5.66. The van der Waals surface area contributed by atoms with Gasteiger partial charge >= 0.3 is 0 Å². The maximum absolute atomic E-state index is 13.0. The molecular formula is C24H29ClN6O2. The number of hydrogen-bond acceptors (Lipinski definition) is 6. The molecule has 3 aromatic rings. The second-order valence-electron chi connectivity index (χ2n) is 8.30. The number of anilines is 1. The van der Waals surface area contributed by atoms with Gasteiger partial charge in [-0.3, -0.25) is 9.36 Å². The third-order valence-electron chi connectivity index (χ3n) is 5.86. The molecule has 1 aromatic carbocycles. The number of amides is 1. The average Bonchev–Trinajstić information content (AvgIpc) is 3.34. The van der Waals surface area contributed by atoms with Gasteiger partial charge in [0.05, 0.1) is 6.04 Å². The smallest absolute Gasteiger partial charge is 0.237 e. The zero-order valence-electron chi connectivity index (χ0n) is 18.9.